The van der Waals surface area contributed by atoms with Gasteiger partial charge < -0.3 is 33.5 Å². The maximum Gasteiger partial charge on any atom is 2.00 e. The molecule has 0 bridgehead atoms. The molecule has 4 aliphatic heterocycles. The largest absolute Gasteiger partial charge is 2.00 e. The Kier molecular flexibility index (Phi) is 19.4. The van der Waals surface area contributed by atoms with Crippen LogP contribution in [0.25, 0.3) is 0 Å². The van der Waals surface area contributed by atoms with Crippen LogP contribution in [-0.2, 0) is 29.0 Å². The number of ether oxygens (including phenoxy) is 2. The molecule has 10 fully saturated rings. The average molecular weight is 1150 g/mol. The molecule has 3 spiro atoms. The third kappa shape index (κ3) is 9.64. The molecule has 0 aromatic rings. The van der Waals surface area contributed by atoms with Crippen LogP contribution in [0.4, 0.5) is 0 Å². The summed E-state index contributed by atoms with van der Waals surface area (Å²) >= 11 is 17.5. The van der Waals surface area contributed by atoms with Crippen molar-refractivity contribution in [2.24, 2.45) is 80.8 Å². The monoisotopic (exact) mass is 1150 g/mol. The van der Waals surface area contributed by atoms with E-state index in [1.54, 1.807) is 36.1 Å². The number of fused-ring (bicyclic) bond motifs is 12. The summed E-state index contributed by atoms with van der Waals surface area (Å²) in [6.45, 7) is 36.2. The van der Waals surface area contributed by atoms with Gasteiger partial charge in [-0.2, -0.15) is 13.8 Å². The van der Waals surface area contributed by atoms with Crippen LogP contribution >= 0.6 is 34.8 Å². The average Bonchev–Trinajstić information content (AvgIpc) is 3.70. The van der Waals surface area contributed by atoms with E-state index in [0.717, 1.165) is 92.5 Å². The van der Waals surface area contributed by atoms with Crippen LogP contribution < -0.4 is 0 Å². The van der Waals surface area contributed by atoms with Crippen LogP contribution in [0.1, 0.15) is 185 Å². The van der Waals surface area contributed by atoms with Gasteiger partial charge in [-0.15, -0.1) is 34.8 Å². The van der Waals surface area contributed by atoms with Gasteiger partial charge >= 0.3 is 19.5 Å². The van der Waals surface area contributed by atoms with Gasteiger partial charge in [0.1, 0.15) is 0 Å². The number of halogens is 3. The van der Waals surface area contributed by atoms with E-state index in [1.165, 1.54) is 90.1 Å². The van der Waals surface area contributed by atoms with Crippen LogP contribution in [0, 0.1) is 94.7 Å². The quantitative estimate of drug-likeness (QED) is 0.127. The van der Waals surface area contributed by atoms with Gasteiger partial charge in [-0.25, -0.2) is 0 Å². The molecule has 13 rings (SSSR count). The van der Waals surface area contributed by atoms with E-state index in [9.17, 15) is 10.2 Å². The zero-order chi connectivity index (χ0) is 53.5. The first-order valence-corrected chi connectivity index (χ1v) is 32.4. The molecule has 9 aliphatic carbocycles. The zero-order valence-corrected chi connectivity index (χ0v) is 54.5. The fourth-order valence-electron chi connectivity index (χ4n) is 21.7. The third-order valence-corrected chi connectivity index (χ3v) is 25.1. The van der Waals surface area contributed by atoms with Crippen LogP contribution in [0.2, 0.25) is 0 Å². The zero-order valence-electron chi connectivity index (χ0n) is 49.2. The molecule has 6 saturated carbocycles. The Morgan fingerprint density at radius 3 is 1.75 bits per heavy atom. The molecular formula is C65H105Cl3N2O4Zn. The van der Waals surface area contributed by atoms with Crippen molar-refractivity contribution in [3.8, 4) is 0 Å². The predicted octanol–water partition coefficient (Wildman–Crippen LogP) is 14.9. The molecule has 422 valence electrons. The molecule has 0 aromatic heterocycles. The molecule has 75 heavy (non-hydrogen) atoms. The number of hydrogen-bond donors (Lipinski definition) is 2. The Hall–Kier alpha value is 0.473. The molecule has 22 atom stereocenters. The molecule has 0 amide bonds. The Morgan fingerprint density at radius 2 is 1.19 bits per heavy atom. The Labute approximate surface area is 486 Å². The maximum atomic E-state index is 10.4. The second kappa shape index (κ2) is 23.6. The summed E-state index contributed by atoms with van der Waals surface area (Å²) in [7, 11) is 0. The fourth-order valence-corrected chi connectivity index (χ4v) is 22.1. The molecule has 3 unspecified atom stereocenters. The van der Waals surface area contributed by atoms with E-state index in [2.05, 4.69) is 91.2 Å². The van der Waals surface area contributed by atoms with E-state index < -0.39 is 0 Å². The number of rotatable bonds is 4. The van der Waals surface area contributed by atoms with E-state index >= 15 is 0 Å². The smallest absolute Gasteiger partial charge is 0.393 e. The van der Waals surface area contributed by atoms with Crippen LogP contribution in [-0.4, -0.2) is 112 Å². The van der Waals surface area contributed by atoms with E-state index in [0.29, 0.717) is 75.5 Å². The summed E-state index contributed by atoms with van der Waals surface area (Å²) in [5, 5.41) is 20.7. The van der Waals surface area contributed by atoms with E-state index in [-0.39, 0.29) is 42.9 Å². The summed E-state index contributed by atoms with van der Waals surface area (Å²) in [5.41, 5.74) is 7.97. The SMILES string of the molecule is CC1=C2C[C@H]3C(CC=C4C[C@@H](O)CC[C@@]43C)[C@@H]2CC[C@]12O[C@@H]1C[C@H](C)CN(CCCl)[C@H]1[C@H]2C.CCCl.C[C@H]1C[C@H]2O[C@]3(CC[C@H]4C5CC=C6C[C@@H](O)CC[C@]6(C)[C@H]5CC45C[C@]53C)[C@H](C)[C@@H]2N(CCCl)C1.[CH2-]C.[CH2-]C.[Zn+2]. The van der Waals surface area contributed by atoms with Crippen molar-refractivity contribution in [2.75, 3.05) is 43.8 Å². The molecular weight excluding hydrogens is 1040 g/mol. The van der Waals surface area contributed by atoms with Crippen LogP contribution in [0.15, 0.2) is 34.4 Å². The maximum absolute atomic E-state index is 10.4. The molecule has 6 nitrogen and oxygen atoms in total. The number of nitrogens with zero attached hydrogens (tertiary/aromatic N) is 2. The van der Waals surface area contributed by atoms with Crippen LogP contribution in [0.3, 0.4) is 0 Å². The molecule has 10 heteroatoms. The Bertz CT molecular complexity index is 2090. The van der Waals surface area contributed by atoms with Crippen molar-refractivity contribution in [1.82, 2.24) is 9.80 Å². The van der Waals surface area contributed by atoms with Gasteiger partial charge in [-0.05, 0) is 185 Å². The van der Waals surface area contributed by atoms with Gasteiger partial charge in [0.05, 0.1) is 35.6 Å². The second-order valence-electron chi connectivity index (χ2n) is 27.6. The third-order valence-electron chi connectivity index (χ3n) is 24.8. The number of likely N-dealkylation sites (tertiary alicyclic amines) is 2. The summed E-state index contributed by atoms with van der Waals surface area (Å²) < 4.78 is 14.6. The second-order valence-corrected chi connectivity index (χ2v) is 28.9. The van der Waals surface area contributed by atoms with Crippen molar-refractivity contribution in [2.45, 2.75) is 233 Å². The molecule has 0 radical (unpaired) electrons. The molecule has 0 aromatic carbocycles. The summed E-state index contributed by atoms with van der Waals surface area (Å²) in [6, 6.07) is 1.07. The Morgan fingerprint density at radius 1 is 0.667 bits per heavy atom. The van der Waals surface area contributed by atoms with Crippen molar-refractivity contribution in [3.05, 3.63) is 48.3 Å². The number of aliphatic hydroxyl groups excluding tert-OH is 2. The normalized spacial score (nSPS) is 50.4. The molecule has 13 aliphatic rings. The van der Waals surface area contributed by atoms with Crippen molar-refractivity contribution < 1.29 is 39.2 Å². The molecule has 4 heterocycles. The predicted molar refractivity (Wildman–Crippen MR) is 310 cm³/mol. The summed E-state index contributed by atoms with van der Waals surface area (Å²) in [6.07, 6.45) is 25.9. The molecule has 4 saturated heterocycles. The van der Waals surface area contributed by atoms with Gasteiger partial charge in [0.15, 0.2) is 0 Å². The first-order valence-electron chi connectivity index (χ1n) is 30.8. The number of hydrogen-bond acceptors (Lipinski definition) is 6. The van der Waals surface area contributed by atoms with E-state index in [1.807, 2.05) is 6.92 Å². The number of alkyl halides is 3. The Balaban J connectivity index is 0.000000176. The van der Waals surface area contributed by atoms with Gasteiger partial charge in [0.2, 0.25) is 0 Å². The van der Waals surface area contributed by atoms with Crippen molar-refractivity contribution in [3.63, 3.8) is 0 Å². The number of allylic oxidation sites excluding steroid dienone is 3. The van der Waals surface area contributed by atoms with Gasteiger partial charge in [-0.1, -0.05) is 84.3 Å². The fraction of sp³-hybridized carbons (Fsp3) is 0.877. The first kappa shape index (κ1) is 61.5. The topological polar surface area (TPSA) is 65.4 Å². The van der Waals surface area contributed by atoms with Crippen LogP contribution in [0.5, 0.6) is 0 Å². The first-order chi connectivity index (χ1) is 35.4. The molecule has 2 N–H and O–H groups in total. The number of aliphatic hydroxyl groups is 2. The summed E-state index contributed by atoms with van der Waals surface area (Å²) in [4.78, 5) is 5.36. The standard InChI is InChI=1S/C30H46ClNO2.C29H44ClNO2.C2H5Cl.2C2H5.Zn/c1-18-13-25-26(32(16-18)12-11-31)19(2)30(34-25)10-8-23-22-6-5-20-14-21(33)7-9-27(20,3)24(22)15-29(23)17-28(29,30)4;1-17-13-26-27(31(16-17)12-11-30)19(3)29(33-26)10-8-22-23-6-5-20-14-21(32)7-9-28(20,4)25(23)15-24(22)18(29)2;1-2-3;2*1-2;/h5,18-19,21-26,33H,6-17H2,1-4H3;5,17,19,21-23,25-27,32H,6-16H2,1-4H3;2H2,1H3;2*1H2,2H3;/q;;;2*-1;+2/t18-,19+,21-,22?,23-,24-,25+,26-,27-,28+,29?,30+;17-,19+,21-,22-,23?,25-,26+,27-,28-,29-;;;;/m00..../s1. The van der Waals surface area contributed by atoms with Gasteiger partial charge in [-0.3, -0.25) is 9.80 Å². The van der Waals surface area contributed by atoms with Crippen molar-refractivity contribution in [1.29, 1.82) is 0 Å². The van der Waals surface area contributed by atoms with E-state index in [4.69, 9.17) is 44.3 Å². The van der Waals surface area contributed by atoms with Crippen molar-refractivity contribution >= 4 is 34.8 Å². The minimum atomic E-state index is -0.122. The minimum Gasteiger partial charge on any atom is -0.393 e. The minimum absolute atomic E-state index is 0. The summed E-state index contributed by atoms with van der Waals surface area (Å²) in [5.74, 6) is 9.51. The van der Waals surface area contributed by atoms with Gasteiger partial charge in [0.25, 0.3) is 0 Å². The number of piperidine rings is 2. The van der Waals surface area contributed by atoms with Gasteiger partial charge in [0, 0.05) is 73.2 Å².